The first-order chi connectivity index (χ1) is 18.9. The minimum absolute atomic E-state index is 0.214. The van der Waals surface area contributed by atoms with Gasteiger partial charge in [0.1, 0.15) is 0 Å². The van der Waals surface area contributed by atoms with Crippen LogP contribution >= 0.6 is 0 Å². The number of rotatable bonds is 11. The molecule has 0 saturated heterocycles. The predicted molar refractivity (Wildman–Crippen MR) is 142 cm³/mol. The van der Waals surface area contributed by atoms with E-state index in [1.807, 2.05) is 6.07 Å². The predicted octanol–water partition coefficient (Wildman–Crippen LogP) is 1.85. The van der Waals surface area contributed by atoms with E-state index in [2.05, 4.69) is 10.3 Å². The van der Waals surface area contributed by atoms with Crippen molar-refractivity contribution in [2.75, 3.05) is 29.6 Å². The Morgan fingerprint density at radius 3 is 2.25 bits per heavy atom. The van der Waals surface area contributed by atoms with Crippen molar-refractivity contribution in [2.45, 2.75) is 26.1 Å². The van der Waals surface area contributed by atoms with Crippen LogP contribution in [0.2, 0.25) is 0 Å². The van der Waals surface area contributed by atoms with E-state index in [-0.39, 0.29) is 17.9 Å². The molecule has 2 atom stereocenters. The van der Waals surface area contributed by atoms with Gasteiger partial charge in [0.2, 0.25) is 12.2 Å². The van der Waals surface area contributed by atoms with E-state index in [9.17, 15) is 27.6 Å². The van der Waals surface area contributed by atoms with Crippen molar-refractivity contribution in [1.82, 2.24) is 4.98 Å². The molecule has 0 radical (unpaired) electrons. The van der Waals surface area contributed by atoms with Crippen LogP contribution < -0.4 is 10.2 Å². The first-order valence-electron chi connectivity index (χ1n) is 11.8. The molecule has 2 amide bonds. The van der Waals surface area contributed by atoms with Crippen molar-refractivity contribution in [3.63, 3.8) is 0 Å². The third kappa shape index (κ3) is 8.13. The van der Waals surface area contributed by atoms with Crippen molar-refractivity contribution in [3.05, 3.63) is 60.3 Å². The molecule has 2 aromatic carbocycles. The lowest BCUT2D eigenvalue weighted by Crippen LogP contribution is -2.53. The molecule has 1 heterocycles. The highest BCUT2D eigenvalue weighted by Gasteiger charge is 2.42. The fraction of sp³-hybridized carbons (Fsp3) is 0.269. The van der Waals surface area contributed by atoms with Crippen molar-refractivity contribution < 1.29 is 41.3 Å². The number of ether oxygens (including phenoxy) is 2. The number of aromatic amines is 1. The highest BCUT2D eigenvalue weighted by Crippen LogP contribution is 2.24. The smallest absolute Gasteiger partial charge is 0.303 e. The minimum Gasteiger partial charge on any atom is -0.448 e. The van der Waals surface area contributed by atoms with Crippen LogP contribution in [0.25, 0.3) is 10.9 Å². The molecule has 3 rings (SSSR count). The average Bonchev–Trinajstić information content (AvgIpc) is 3.36. The monoisotopic (exact) mass is 570 g/mol. The maximum absolute atomic E-state index is 13.9. The Morgan fingerprint density at radius 1 is 1.00 bits per heavy atom. The molecule has 0 saturated carbocycles. The number of nitrogens with zero attached hydrogens (tertiary/aromatic N) is 2. The zero-order valence-electron chi connectivity index (χ0n) is 21.7. The van der Waals surface area contributed by atoms with Crippen LogP contribution in [0.4, 0.5) is 11.4 Å². The summed E-state index contributed by atoms with van der Waals surface area (Å²) in [5.74, 6) is -3.87. The van der Waals surface area contributed by atoms with Crippen LogP contribution in [-0.4, -0.2) is 68.8 Å². The number of H-pyrrole nitrogens is 1. The molecule has 13 nitrogen and oxygen atoms in total. The van der Waals surface area contributed by atoms with Crippen LogP contribution in [-0.2, 0) is 43.0 Å². The molecule has 0 aliphatic carbocycles. The van der Waals surface area contributed by atoms with Gasteiger partial charge in [0.25, 0.3) is 21.9 Å². The van der Waals surface area contributed by atoms with E-state index in [1.54, 1.807) is 30.5 Å². The molecule has 3 aromatic rings. The first-order valence-corrected chi connectivity index (χ1v) is 13.6. The number of hydrogen-bond donors (Lipinski definition) is 2. The van der Waals surface area contributed by atoms with Gasteiger partial charge in [0, 0.05) is 36.9 Å². The number of nitriles is 1. The number of anilines is 2. The molecule has 0 spiro atoms. The van der Waals surface area contributed by atoms with E-state index in [0.717, 1.165) is 30.4 Å². The van der Waals surface area contributed by atoms with Crippen LogP contribution in [0, 0.1) is 11.3 Å². The van der Waals surface area contributed by atoms with Gasteiger partial charge in [-0.3, -0.25) is 23.4 Å². The van der Waals surface area contributed by atoms with Crippen LogP contribution in [0.3, 0.4) is 0 Å². The van der Waals surface area contributed by atoms with Crippen molar-refractivity contribution in [1.29, 1.82) is 5.26 Å². The molecule has 1 aromatic heterocycles. The number of hydrogen-bond acceptors (Lipinski definition) is 10. The Kier molecular flexibility index (Phi) is 9.59. The summed E-state index contributed by atoms with van der Waals surface area (Å²) in [6.07, 6.45) is -1.37. The van der Waals surface area contributed by atoms with Crippen LogP contribution in [0.1, 0.15) is 19.4 Å². The fourth-order valence-corrected chi connectivity index (χ4v) is 4.07. The van der Waals surface area contributed by atoms with Crippen molar-refractivity contribution in [2.24, 2.45) is 0 Å². The molecule has 2 N–H and O–H groups in total. The number of carbonyl (C=O) groups excluding carboxylic acids is 4. The summed E-state index contributed by atoms with van der Waals surface area (Å²) in [6.45, 7) is 1.22. The third-order valence-electron chi connectivity index (χ3n) is 5.37. The summed E-state index contributed by atoms with van der Waals surface area (Å²) in [5.41, 5.74) is 1.43. The number of carbonyl (C=O) groups is 4. The third-order valence-corrected chi connectivity index (χ3v) is 5.97. The molecule has 0 bridgehead atoms. The zero-order valence-corrected chi connectivity index (χ0v) is 22.6. The number of amides is 2. The summed E-state index contributed by atoms with van der Waals surface area (Å²) in [4.78, 5) is 55.2. The van der Waals surface area contributed by atoms with Gasteiger partial charge in [0.15, 0.2) is 0 Å². The second kappa shape index (κ2) is 12.9. The molecule has 40 heavy (non-hydrogen) atoms. The molecular formula is C26H26N4O9S. The van der Waals surface area contributed by atoms with Gasteiger partial charge in [-0.15, -0.1) is 0 Å². The summed E-state index contributed by atoms with van der Waals surface area (Å²) >= 11 is 0. The molecule has 0 aliphatic heterocycles. The Morgan fingerprint density at radius 2 is 1.65 bits per heavy atom. The van der Waals surface area contributed by atoms with E-state index in [4.69, 9.17) is 18.9 Å². The van der Waals surface area contributed by atoms with Gasteiger partial charge in [-0.1, -0.05) is 6.07 Å². The molecular weight excluding hydrogens is 544 g/mol. The largest absolute Gasteiger partial charge is 0.448 e. The number of fused-ring (bicyclic) bond motifs is 1. The Hall–Kier alpha value is -4.74. The lowest BCUT2D eigenvalue weighted by Gasteiger charge is -2.30. The zero-order chi connectivity index (χ0) is 29.4. The van der Waals surface area contributed by atoms with Gasteiger partial charge in [-0.05, 0) is 47.9 Å². The molecule has 0 aliphatic rings. The SMILES string of the molecule is CC(=O)O[C@@H](C(=O)Nc1ccc(C#N)cc1)[C@@H](OC(C)=O)C(=O)N(CCOS(C)(=O)=O)c1ccc2cc[nH]c2c1. The van der Waals surface area contributed by atoms with Gasteiger partial charge in [-0.25, -0.2) is 0 Å². The highest BCUT2D eigenvalue weighted by molar-refractivity contribution is 7.85. The standard InChI is InChI=1S/C26H26N4O9S/c1-16(31)38-23(25(33)29-20-7-4-18(15-27)5-8-20)24(39-17(2)32)26(34)30(12-13-37-40(3,35)36)21-9-6-19-10-11-28-22(19)14-21/h4-11,14,23-24,28H,12-13H2,1-3H3,(H,29,33)/t23-,24-/m1/s1. The average molecular weight is 571 g/mol. The highest BCUT2D eigenvalue weighted by atomic mass is 32.2. The number of esters is 2. The van der Waals surface area contributed by atoms with Gasteiger partial charge < -0.3 is 24.7 Å². The van der Waals surface area contributed by atoms with Crippen molar-refractivity contribution in [3.8, 4) is 6.07 Å². The van der Waals surface area contributed by atoms with E-state index in [1.165, 1.54) is 24.3 Å². The fourth-order valence-electron chi connectivity index (χ4n) is 3.70. The lowest BCUT2D eigenvalue weighted by molar-refractivity contribution is -0.172. The second-order valence-corrected chi connectivity index (χ2v) is 10.1. The molecule has 0 unspecified atom stereocenters. The van der Waals surface area contributed by atoms with Gasteiger partial charge in [-0.2, -0.15) is 13.7 Å². The quantitative estimate of drug-likeness (QED) is 0.255. The number of benzene rings is 2. The summed E-state index contributed by atoms with van der Waals surface area (Å²) in [6, 6.07) is 14.3. The Labute approximate surface area is 229 Å². The van der Waals surface area contributed by atoms with Crippen molar-refractivity contribution >= 4 is 56.1 Å². The van der Waals surface area contributed by atoms with Gasteiger partial charge in [0.05, 0.1) is 31.0 Å². The maximum Gasteiger partial charge on any atom is 0.303 e. The van der Waals surface area contributed by atoms with Crippen LogP contribution in [0.5, 0.6) is 0 Å². The Bertz CT molecular complexity index is 1560. The lowest BCUT2D eigenvalue weighted by atomic mass is 10.1. The Balaban J connectivity index is 2.01. The van der Waals surface area contributed by atoms with E-state index in [0.29, 0.717) is 11.1 Å². The summed E-state index contributed by atoms with van der Waals surface area (Å²) in [5, 5.41) is 12.3. The topological polar surface area (TPSA) is 185 Å². The summed E-state index contributed by atoms with van der Waals surface area (Å²) < 4.78 is 38.3. The second-order valence-electron chi connectivity index (χ2n) is 8.50. The van der Waals surface area contributed by atoms with Crippen LogP contribution in [0.15, 0.2) is 54.7 Å². The molecule has 210 valence electrons. The van der Waals surface area contributed by atoms with E-state index >= 15 is 0 Å². The summed E-state index contributed by atoms with van der Waals surface area (Å²) in [7, 11) is -3.86. The number of aromatic nitrogens is 1. The number of nitrogens with one attached hydrogen (secondary N) is 2. The normalized spacial score (nSPS) is 12.6. The van der Waals surface area contributed by atoms with E-state index < -0.39 is 52.7 Å². The maximum atomic E-state index is 13.9. The molecule has 0 fully saturated rings. The van der Waals surface area contributed by atoms with Gasteiger partial charge >= 0.3 is 11.9 Å². The molecule has 14 heteroatoms. The first kappa shape index (κ1) is 29.8. The minimum atomic E-state index is -3.86.